The Morgan fingerprint density at radius 2 is 1.87 bits per heavy atom. The van der Waals surface area contributed by atoms with E-state index in [0.29, 0.717) is 11.6 Å². The van der Waals surface area contributed by atoms with Gasteiger partial charge in [-0.2, -0.15) is 0 Å². The Kier molecular flexibility index (Phi) is 8.85. The van der Waals surface area contributed by atoms with Crippen molar-refractivity contribution in [1.29, 1.82) is 0 Å². The van der Waals surface area contributed by atoms with Crippen LogP contribution in [0.1, 0.15) is 83.2 Å². The third kappa shape index (κ3) is 5.03. The maximum Gasteiger partial charge on any atom is 0.258 e. The van der Waals surface area contributed by atoms with E-state index in [1.165, 1.54) is 24.1 Å². The van der Waals surface area contributed by atoms with E-state index in [4.69, 9.17) is 9.63 Å². The van der Waals surface area contributed by atoms with Gasteiger partial charge in [0.2, 0.25) is 0 Å². The molecule has 4 nitrogen and oxygen atoms in total. The lowest BCUT2D eigenvalue weighted by Crippen LogP contribution is -1.96. The molecule has 1 aliphatic carbocycles. The number of rotatable bonds is 6. The average molecular weight is 320 g/mol. The number of hydrogen-bond acceptors (Lipinski definition) is 4. The van der Waals surface area contributed by atoms with E-state index in [9.17, 15) is 0 Å². The molecular weight excluding hydrogens is 288 g/mol. The summed E-state index contributed by atoms with van der Waals surface area (Å²) in [6.07, 6.45) is 6.10. The highest BCUT2D eigenvalue weighted by molar-refractivity contribution is 5.80. The van der Waals surface area contributed by atoms with Gasteiger partial charge >= 0.3 is 0 Å². The summed E-state index contributed by atoms with van der Waals surface area (Å²) in [7, 11) is 0. The van der Waals surface area contributed by atoms with Crippen LogP contribution in [0.4, 0.5) is 0 Å². The molecule has 1 saturated carbocycles. The van der Waals surface area contributed by atoms with Crippen LogP contribution in [0.25, 0.3) is 11.1 Å². The minimum absolute atomic E-state index is 0.186. The number of aromatic nitrogens is 2. The Hall–Kier alpha value is -1.42. The molecule has 1 N–H and O–H groups in total. The lowest BCUT2D eigenvalue weighted by molar-refractivity contribution is 0.287. The van der Waals surface area contributed by atoms with E-state index in [1.807, 2.05) is 27.7 Å². The molecule has 0 atom stereocenters. The molecule has 2 aromatic rings. The summed E-state index contributed by atoms with van der Waals surface area (Å²) in [4.78, 5) is 4.62. The lowest BCUT2D eigenvalue weighted by atomic mass is 10.0. The Bertz CT molecular complexity index is 574. The number of hydrogen-bond donors (Lipinski definition) is 1. The average Bonchev–Trinajstić information content (AvgIpc) is 3.38. The van der Waals surface area contributed by atoms with Crippen LogP contribution >= 0.6 is 0 Å². The molecule has 23 heavy (non-hydrogen) atoms. The van der Waals surface area contributed by atoms with Gasteiger partial charge in [0.15, 0.2) is 0 Å². The third-order valence-electron chi connectivity index (χ3n) is 3.71. The highest BCUT2D eigenvalue weighted by Gasteiger charge is 2.27. The first-order valence-corrected chi connectivity index (χ1v) is 9.22. The van der Waals surface area contributed by atoms with Crippen molar-refractivity contribution in [1.82, 2.24) is 10.1 Å². The zero-order valence-electron chi connectivity index (χ0n) is 15.4. The summed E-state index contributed by atoms with van der Waals surface area (Å²) in [6.45, 7) is 10.4. The lowest BCUT2D eigenvalue weighted by Gasteiger charge is -2.05. The smallest absolute Gasteiger partial charge is 0.258 e. The van der Waals surface area contributed by atoms with Gasteiger partial charge in [0.05, 0.1) is 11.1 Å². The fourth-order valence-corrected chi connectivity index (χ4v) is 2.58. The molecule has 2 heterocycles. The second-order valence-corrected chi connectivity index (χ2v) is 5.37. The van der Waals surface area contributed by atoms with Crippen LogP contribution < -0.4 is 0 Å². The van der Waals surface area contributed by atoms with Crippen LogP contribution in [0, 0.1) is 0 Å². The molecule has 0 unspecified atom stereocenters. The summed E-state index contributed by atoms with van der Waals surface area (Å²) < 4.78 is 5.41. The number of nitrogens with zero attached hydrogens (tertiary/aromatic N) is 2. The van der Waals surface area contributed by atoms with Crippen molar-refractivity contribution in [2.75, 3.05) is 6.61 Å². The SMILES string of the molecule is CC.CC.CCCc1cc(C2CC2)nc2onc(CCCO)c12. The highest BCUT2D eigenvalue weighted by atomic mass is 16.5. The quantitative estimate of drug-likeness (QED) is 0.811. The standard InChI is InChI=1S/C15H20N2O2.2C2H6/c1-2-4-11-9-13(10-6-7-10)16-15-14(11)12(17-19-15)5-3-8-18;2*1-2/h9-10,18H,2-8H2,1H3;2*1-2H3. The molecule has 1 aliphatic rings. The summed E-state index contributed by atoms with van der Waals surface area (Å²) in [5.41, 5.74) is 4.10. The largest absolute Gasteiger partial charge is 0.396 e. The van der Waals surface area contributed by atoms with Gasteiger partial charge in [-0.15, -0.1) is 0 Å². The van der Waals surface area contributed by atoms with Crippen LogP contribution in [-0.2, 0) is 12.8 Å². The number of aryl methyl sites for hydroxylation is 2. The summed E-state index contributed by atoms with van der Waals surface area (Å²) >= 11 is 0. The number of aliphatic hydroxyl groups excluding tert-OH is 1. The van der Waals surface area contributed by atoms with Crippen LogP contribution in [0.15, 0.2) is 10.6 Å². The van der Waals surface area contributed by atoms with Gasteiger partial charge in [0.1, 0.15) is 0 Å². The first-order chi connectivity index (χ1) is 11.3. The summed E-state index contributed by atoms with van der Waals surface area (Å²) in [5, 5.41) is 14.2. The maximum atomic E-state index is 8.96. The van der Waals surface area contributed by atoms with E-state index >= 15 is 0 Å². The predicted octanol–water partition coefficient (Wildman–Crippen LogP) is 5.03. The first-order valence-electron chi connectivity index (χ1n) is 9.22. The van der Waals surface area contributed by atoms with Crippen molar-refractivity contribution >= 4 is 11.1 Å². The molecule has 2 aromatic heterocycles. The van der Waals surface area contributed by atoms with Gasteiger partial charge in [-0.25, -0.2) is 4.98 Å². The van der Waals surface area contributed by atoms with Gasteiger partial charge < -0.3 is 9.63 Å². The molecule has 130 valence electrons. The number of aliphatic hydroxyl groups is 1. The highest BCUT2D eigenvalue weighted by Crippen LogP contribution is 2.40. The van der Waals surface area contributed by atoms with E-state index < -0.39 is 0 Å². The van der Waals surface area contributed by atoms with E-state index in [1.54, 1.807) is 0 Å². The van der Waals surface area contributed by atoms with Crippen LogP contribution in [0.3, 0.4) is 0 Å². The molecule has 0 bridgehead atoms. The zero-order chi connectivity index (χ0) is 17.2. The fourth-order valence-electron chi connectivity index (χ4n) is 2.58. The zero-order valence-corrected chi connectivity index (χ0v) is 15.4. The van der Waals surface area contributed by atoms with E-state index in [2.05, 4.69) is 23.1 Å². The Morgan fingerprint density at radius 1 is 1.17 bits per heavy atom. The molecule has 3 rings (SSSR count). The van der Waals surface area contributed by atoms with Crippen molar-refractivity contribution in [3.8, 4) is 0 Å². The molecule has 0 aliphatic heterocycles. The molecule has 0 amide bonds. The van der Waals surface area contributed by atoms with Crippen LogP contribution in [-0.4, -0.2) is 21.9 Å². The molecule has 1 fully saturated rings. The van der Waals surface area contributed by atoms with Gasteiger partial charge in [-0.1, -0.05) is 46.2 Å². The third-order valence-corrected chi connectivity index (χ3v) is 3.71. The van der Waals surface area contributed by atoms with Gasteiger partial charge in [-0.3, -0.25) is 0 Å². The van der Waals surface area contributed by atoms with Crippen LogP contribution in [0.2, 0.25) is 0 Å². The van der Waals surface area contributed by atoms with E-state index in [0.717, 1.165) is 36.8 Å². The fraction of sp³-hybridized carbons (Fsp3) is 0.684. The molecule has 0 radical (unpaired) electrons. The predicted molar refractivity (Wildman–Crippen MR) is 95.9 cm³/mol. The summed E-state index contributed by atoms with van der Waals surface area (Å²) in [6, 6.07) is 2.24. The topological polar surface area (TPSA) is 59.2 Å². The number of pyridine rings is 1. The van der Waals surface area contributed by atoms with Crippen molar-refractivity contribution < 1.29 is 9.63 Å². The Morgan fingerprint density at radius 3 is 2.43 bits per heavy atom. The van der Waals surface area contributed by atoms with Crippen molar-refractivity contribution in [2.24, 2.45) is 0 Å². The molecule has 4 heteroatoms. The normalized spacial score (nSPS) is 13.1. The maximum absolute atomic E-state index is 8.96. The van der Waals surface area contributed by atoms with E-state index in [-0.39, 0.29) is 6.61 Å². The molecular formula is C19H32N2O2. The van der Waals surface area contributed by atoms with Crippen LogP contribution in [0.5, 0.6) is 0 Å². The molecule has 0 spiro atoms. The monoisotopic (exact) mass is 320 g/mol. The van der Waals surface area contributed by atoms with Crippen molar-refractivity contribution in [3.05, 3.63) is 23.0 Å². The van der Waals surface area contributed by atoms with Gasteiger partial charge in [0, 0.05) is 18.2 Å². The molecule has 0 saturated heterocycles. The second-order valence-electron chi connectivity index (χ2n) is 5.37. The van der Waals surface area contributed by atoms with Gasteiger partial charge in [0.25, 0.3) is 5.71 Å². The Balaban J connectivity index is 0.000000615. The number of fused-ring (bicyclic) bond motifs is 1. The van der Waals surface area contributed by atoms with Gasteiger partial charge in [-0.05, 0) is 43.7 Å². The minimum atomic E-state index is 0.186. The van der Waals surface area contributed by atoms with Crippen molar-refractivity contribution in [3.63, 3.8) is 0 Å². The van der Waals surface area contributed by atoms with Crippen molar-refractivity contribution in [2.45, 2.75) is 79.1 Å². The second kappa shape index (κ2) is 10.4. The summed E-state index contributed by atoms with van der Waals surface area (Å²) in [5.74, 6) is 0.631. The first kappa shape index (κ1) is 19.6. The Labute approximate surface area is 140 Å². The minimum Gasteiger partial charge on any atom is -0.396 e. The molecule has 0 aromatic carbocycles.